The molecule has 0 bridgehead atoms. The molecule has 0 amide bonds. The van der Waals surface area contributed by atoms with E-state index in [0.717, 1.165) is 34.8 Å². The van der Waals surface area contributed by atoms with E-state index in [1.165, 1.54) is 0 Å². The van der Waals surface area contributed by atoms with E-state index in [1.54, 1.807) is 0 Å². The normalized spacial score (nSPS) is 17.1. The lowest BCUT2D eigenvalue weighted by Crippen LogP contribution is -2.27. The van der Waals surface area contributed by atoms with Crippen LogP contribution in [-0.2, 0) is 9.59 Å². The predicted molar refractivity (Wildman–Crippen MR) is 72.2 cm³/mol. The van der Waals surface area contributed by atoms with Crippen LogP contribution in [0.4, 0.5) is 0 Å². The molecule has 0 N–H and O–H groups in total. The maximum atomic E-state index is 11.4. The Bertz CT molecular complexity index is 542. The van der Waals surface area contributed by atoms with Crippen LogP contribution >= 0.6 is 0 Å². The van der Waals surface area contributed by atoms with E-state index in [1.807, 2.05) is 50.3 Å². The van der Waals surface area contributed by atoms with Crippen LogP contribution < -0.4 is 0 Å². The van der Waals surface area contributed by atoms with Crippen LogP contribution in [0.15, 0.2) is 36.4 Å². The second-order valence-electron chi connectivity index (χ2n) is 4.74. The zero-order chi connectivity index (χ0) is 13.2. The minimum Gasteiger partial charge on any atom is -0.302 e. The van der Waals surface area contributed by atoms with Crippen LogP contribution in [0.1, 0.15) is 23.1 Å². The van der Waals surface area contributed by atoms with E-state index in [4.69, 9.17) is 0 Å². The lowest BCUT2D eigenvalue weighted by molar-refractivity contribution is -0.122. The standard InChI is InChI=1S/C16H16O2/c1-12-6-5-7-14(13(12)2)15-8-3-4-9-16(15,10-17)11-18/h3-8,10-11H,9H2,1-2H3. The van der Waals surface area contributed by atoms with Crippen molar-refractivity contribution >= 4 is 18.1 Å². The number of rotatable bonds is 3. The van der Waals surface area contributed by atoms with Crippen molar-refractivity contribution in [2.45, 2.75) is 20.3 Å². The molecular weight excluding hydrogens is 224 g/mol. The zero-order valence-corrected chi connectivity index (χ0v) is 10.6. The molecule has 0 unspecified atom stereocenters. The first-order valence-corrected chi connectivity index (χ1v) is 6.01. The summed E-state index contributed by atoms with van der Waals surface area (Å²) in [5.41, 5.74) is 3.04. The molecule has 0 spiro atoms. The van der Waals surface area contributed by atoms with E-state index < -0.39 is 5.41 Å². The van der Waals surface area contributed by atoms with Gasteiger partial charge in [-0.05, 0) is 42.5 Å². The fraction of sp³-hybridized carbons (Fsp3) is 0.250. The van der Waals surface area contributed by atoms with Gasteiger partial charge in [-0.2, -0.15) is 0 Å². The summed E-state index contributed by atoms with van der Waals surface area (Å²) >= 11 is 0. The molecule has 2 nitrogen and oxygen atoms in total. The summed E-state index contributed by atoms with van der Waals surface area (Å²) < 4.78 is 0. The molecule has 0 radical (unpaired) electrons. The van der Waals surface area contributed by atoms with Gasteiger partial charge < -0.3 is 9.59 Å². The Labute approximate surface area is 107 Å². The van der Waals surface area contributed by atoms with Crippen LogP contribution in [0.2, 0.25) is 0 Å². The van der Waals surface area contributed by atoms with E-state index in [-0.39, 0.29) is 0 Å². The highest BCUT2D eigenvalue weighted by molar-refractivity contribution is 6.02. The monoisotopic (exact) mass is 240 g/mol. The van der Waals surface area contributed by atoms with Gasteiger partial charge in [0.25, 0.3) is 0 Å². The second kappa shape index (κ2) is 4.73. The molecule has 0 aliphatic heterocycles. The number of hydrogen-bond acceptors (Lipinski definition) is 2. The first-order chi connectivity index (χ1) is 8.64. The highest BCUT2D eigenvalue weighted by atomic mass is 16.1. The van der Waals surface area contributed by atoms with Gasteiger partial charge in [0, 0.05) is 0 Å². The van der Waals surface area contributed by atoms with E-state index in [9.17, 15) is 9.59 Å². The van der Waals surface area contributed by atoms with Crippen LogP contribution in [0.3, 0.4) is 0 Å². The smallest absolute Gasteiger partial charge is 0.138 e. The topological polar surface area (TPSA) is 34.1 Å². The third-order valence-electron chi connectivity index (χ3n) is 3.67. The van der Waals surface area contributed by atoms with Crippen molar-refractivity contribution in [1.82, 2.24) is 0 Å². The number of carbonyl (C=O) groups is 2. The third kappa shape index (κ3) is 1.84. The van der Waals surface area contributed by atoms with Gasteiger partial charge >= 0.3 is 0 Å². The van der Waals surface area contributed by atoms with Crippen LogP contribution in [0.25, 0.3) is 5.57 Å². The van der Waals surface area contributed by atoms with E-state index in [2.05, 4.69) is 0 Å². The molecule has 1 aromatic rings. The van der Waals surface area contributed by atoms with Crippen molar-refractivity contribution in [2.24, 2.45) is 5.41 Å². The Morgan fingerprint density at radius 1 is 1.17 bits per heavy atom. The Morgan fingerprint density at radius 2 is 1.89 bits per heavy atom. The SMILES string of the molecule is Cc1cccc(C2=CC=CCC2(C=O)C=O)c1C. The molecule has 0 saturated carbocycles. The highest BCUT2D eigenvalue weighted by Crippen LogP contribution is 2.39. The minimum absolute atomic E-state index is 0.444. The Balaban J connectivity index is 2.63. The molecule has 0 heterocycles. The third-order valence-corrected chi connectivity index (χ3v) is 3.67. The van der Waals surface area contributed by atoms with Gasteiger partial charge in [0.2, 0.25) is 0 Å². The van der Waals surface area contributed by atoms with Gasteiger partial charge in [-0.1, -0.05) is 36.4 Å². The molecule has 2 heteroatoms. The molecule has 2 rings (SSSR count). The van der Waals surface area contributed by atoms with Gasteiger partial charge in [-0.15, -0.1) is 0 Å². The molecular formula is C16H16O2. The minimum atomic E-state index is -1.02. The highest BCUT2D eigenvalue weighted by Gasteiger charge is 2.35. The number of hydrogen-bond donors (Lipinski definition) is 0. The van der Waals surface area contributed by atoms with Crippen LogP contribution in [-0.4, -0.2) is 12.6 Å². The van der Waals surface area contributed by atoms with Crippen molar-refractivity contribution in [2.75, 3.05) is 0 Å². The Kier molecular flexibility index (Phi) is 3.28. The summed E-state index contributed by atoms with van der Waals surface area (Å²) in [6.45, 7) is 4.05. The maximum absolute atomic E-state index is 11.4. The molecule has 1 aliphatic carbocycles. The molecule has 0 fully saturated rings. The molecule has 0 aromatic heterocycles. The average molecular weight is 240 g/mol. The molecule has 0 saturated heterocycles. The summed E-state index contributed by atoms with van der Waals surface area (Å²) in [6, 6.07) is 5.95. The van der Waals surface area contributed by atoms with Crippen LogP contribution in [0.5, 0.6) is 0 Å². The van der Waals surface area contributed by atoms with Crippen LogP contribution in [0, 0.1) is 19.3 Å². The lowest BCUT2D eigenvalue weighted by Gasteiger charge is -2.27. The molecule has 18 heavy (non-hydrogen) atoms. The van der Waals surface area contributed by atoms with Crippen molar-refractivity contribution in [1.29, 1.82) is 0 Å². The van der Waals surface area contributed by atoms with Gasteiger partial charge in [-0.3, -0.25) is 0 Å². The van der Waals surface area contributed by atoms with Gasteiger partial charge in [-0.25, -0.2) is 0 Å². The quantitative estimate of drug-likeness (QED) is 0.601. The first kappa shape index (κ1) is 12.5. The number of aldehydes is 2. The molecule has 1 aliphatic rings. The predicted octanol–water partition coefficient (Wildman–Crippen LogP) is 3.03. The number of benzene rings is 1. The summed E-state index contributed by atoms with van der Waals surface area (Å²) in [6.07, 6.45) is 7.60. The maximum Gasteiger partial charge on any atom is 0.138 e. The fourth-order valence-electron chi connectivity index (χ4n) is 2.33. The van der Waals surface area contributed by atoms with E-state index in [0.29, 0.717) is 6.42 Å². The van der Waals surface area contributed by atoms with Crippen molar-refractivity contribution < 1.29 is 9.59 Å². The summed E-state index contributed by atoms with van der Waals surface area (Å²) in [4.78, 5) is 22.8. The Morgan fingerprint density at radius 3 is 2.56 bits per heavy atom. The second-order valence-corrected chi connectivity index (χ2v) is 4.74. The Hall–Kier alpha value is -1.96. The van der Waals surface area contributed by atoms with Gasteiger partial charge in [0.1, 0.15) is 18.0 Å². The zero-order valence-electron chi connectivity index (χ0n) is 10.6. The molecule has 0 atom stereocenters. The lowest BCUT2D eigenvalue weighted by atomic mass is 9.73. The molecule has 92 valence electrons. The fourth-order valence-corrected chi connectivity index (χ4v) is 2.33. The summed E-state index contributed by atoms with van der Waals surface area (Å²) in [5, 5.41) is 0. The van der Waals surface area contributed by atoms with Crippen molar-refractivity contribution in [3.8, 4) is 0 Å². The number of allylic oxidation sites excluding steroid dienone is 4. The summed E-state index contributed by atoms with van der Waals surface area (Å²) in [7, 11) is 0. The summed E-state index contributed by atoms with van der Waals surface area (Å²) in [5.74, 6) is 0. The van der Waals surface area contributed by atoms with Gasteiger partial charge in [0.05, 0.1) is 0 Å². The number of carbonyl (C=O) groups excluding carboxylic acids is 2. The molecule has 1 aromatic carbocycles. The van der Waals surface area contributed by atoms with Crippen molar-refractivity contribution in [3.63, 3.8) is 0 Å². The number of aryl methyl sites for hydroxylation is 1. The largest absolute Gasteiger partial charge is 0.302 e. The average Bonchev–Trinajstić information content (AvgIpc) is 2.42. The van der Waals surface area contributed by atoms with Gasteiger partial charge in [0.15, 0.2) is 0 Å². The van der Waals surface area contributed by atoms with E-state index >= 15 is 0 Å². The van der Waals surface area contributed by atoms with Crippen molar-refractivity contribution in [3.05, 3.63) is 53.1 Å². The first-order valence-electron chi connectivity index (χ1n) is 6.01.